The van der Waals surface area contributed by atoms with Gasteiger partial charge in [-0.2, -0.15) is 5.10 Å². The molecule has 0 unspecified atom stereocenters. The summed E-state index contributed by atoms with van der Waals surface area (Å²) < 4.78 is 1.77. The molecule has 1 saturated carbocycles. The summed E-state index contributed by atoms with van der Waals surface area (Å²) in [4.78, 5) is 12.2. The van der Waals surface area contributed by atoms with E-state index in [1.54, 1.807) is 10.9 Å². The van der Waals surface area contributed by atoms with Gasteiger partial charge in [0.2, 0.25) is 5.91 Å². The van der Waals surface area contributed by atoms with Crippen molar-refractivity contribution in [2.24, 2.45) is 5.73 Å². The molecule has 1 fully saturated rings. The lowest BCUT2D eigenvalue weighted by molar-refractivity contribution is -0.121. The molecule has 1 heterocycles. The number of amides is 1. The lowest BCUT2D eigenvalue weighted by Crippen LogP contribution is -2.48. The van der Waals surface area contributed by atoms with E-state index in [4.69, 9.17) is 5.73 Å². The number of carbonyl (C=O) groups excluding carboxylic acids is 1. The smallest absolute Gasteiger partial charge is 0.244 e. The van der Waals surface area contributed by atoms with Crippen LogP contribution in [-0.4, -0.2) is 21.2 Å². The van der Waals surface area contributed by atoms with Gasteiger partial charge in [-0.15, -0.1) is 0 Å². The molecule has 1 aromatic carbocycles. The Balaban J connectivity index is 1.71. The zero-order valence-corrected chi connectivity index (χ0v) is 11.2. The van der Waals surface area contributed by atoms with Gasteiger partial charge in [-0.05, 0) is 43.2 Å². The zero-order valence-electron chi connectivity index (χ0n) is 11.2. The molecule has 0 saturated heterocycles. The predicted octanol–water partition coefficient (Wildman–Crippen LogP) is 2.08. The van der Waals surface area contributed by atoms with Gasteiger partial charge in [-0.25, -0.2) is 4.68 Å². The van der Waals surface area contributed by atoms with E-state index in [2.05, 4.69) is 10.4 Å². The van der Waals surface area contributed by atoms with E-state index in [1.165, 1.54) is 0 Å². The number of nitrogens with zero attached hydrogens (tertiary/aromatic N) is 2. The van der Waals surface area contributed by atoms with Crippen molar-refractivity contribution in [1.82, 2.24) is 9.78 Å². The summed E-state index contributed by atoms with van der Waals surface area (Å²) in [6.45, 7) is 0. The Morgan fingerprint density at radius 2 is 1.95 bits per heavy atom. The maximum atomic E-state index is 12.2. The highest BCUT2D eigenvalue weighted by Gasteiger charge is 2.36. The second-order valence-corrected chi connectivity index (χ2v) is 5.31. The van der Waals surface area contributed by atoms with Crippen molar-refractivity contribution in [2.75, 3.05) is 5.32 Å². The van der Waals surface area contributed by atoms with Crippen molar-refractivity contribution in [3.8, 4) is 5.69 Å². The molecule has 1 amide bonds. The van der Waals surface area contributed by atoms with Gasteiger partial charge in [0, 0.05) is 18.1 Å². The Labute approximate surface area is 117 Å². The van der Waals surface area contributed by atoms with E-state index >= 15 is 0 Å². The molecule has 0 atom stereocenters. The summed E-state index contributed by atoms with van der Waals surface area (Å²) >= 11 is 0. The number of hydrogen-bond donors (Lipinski definition) is 2. The van der Waals surface area contributed by atoms with Crippen LogP contribution in [0.3, 0.4) is 0 Å². The van der Waals surface area contributed by atoms with Gasteiger partial charge in [0.05, 0.1) is 11.2 Å². The van der Waals surface area contributed by atoms with Crippen LogP contribution in [0.25, 0.3) is 5.69 Å². The highest BCUT2D eigenvalue weighted by molar-refractivity contribution is 5.98. The van der Waals surface area contributed by atoms with Gasteiger partial charge in [0.1, 0.15) is 0 Å². The molecule has 3 rings (SSSR count). The molecular formula is C15H18N4O. The van der Waals surface area contributed by atoms with Crippen LogP contribution in [0, 0.1) is 0 Å². The lowest BCUT2D eigenvalue weighted by atomic mass is 9.98. The van der Waals surface area contributed by atoms with E-state index in [-0.39, 0.29) is 5.91 Å². The molecular weight excluding hydrogens is 252 g/mol. The number of aromatic nitrogens is 2. The van der Waals surface area contributed by atoms with Gasteiger partial charge in [0.15, 0.2) is 0 Å². The molecule has 104 valence electrons. The Morgan fingerprint density at radius 1 is 1.25 bits per heavy atom. The van der Waals surface area contributed by atoms with Crippen LogP contribution in [0.5, 0.6) is 0 Å². The second kappa shape index (κ2) is 5.09. The maximum absolute atomic E-state index is 12.2. The zero-order chi connectivity index (χ0) is 14.0. The molecule has 1 aliphatic rings. The average Bonchev–Trinajstić information content (AvgIpc) is 3.11. The van der Waals surface area contributed by atoms with Crippen LogP contribution >= 0.6 is 0 Å². The van der Waals surface area contributed by atoms with Crippen LogP contribution in [0.15, 0.2) is 42.7 Å². The highest BCUT2D eigenvalue weighted by Crippen LogP contribution is 2.28. The summed E-state index contributed by atoms with van der Waals surface area (Å²) in [7, 11) is 0. The van der Waals surface area contributed by atoms with E-state index in [0.29, 0.717) is 0 Å². The minimum Gasteiger partial charge on any atom is -0.324 e. The number of anilines is 1. The van der Waals surface area contributed by atoms with Crippen LogP contribution < -0.4 is 11.1 Å². The first-order chi connectivity index (χ1) is 9.67. The summed E-state index contributed by atoms with van der Waals surface area (Å²) in [5.41, 5.74) is 7.16. The molecule has 20 heavy (non-hydrogen) atoms. The molecule has 0 radical (unpaired) electrons. The van der Waals surface area contributed by atoms with Crippen LogP contribution in [-0.2, 0) is 4.79 Å². The number of nitrogens with one attached hydrogen (secondary N) is 1. The number of nitrogens with two attached hydrogens (primary N) is 1. The van der Waals surface area contributed by atoms with Crippen LogP contribution in [0.1, 0.15) is 25.7 Å². The van der Waals surface area contributed by atoms with Gasteiger partial charge in [-0.3, -0.25) is 4.79 Å². The number of hydrogen-bond acceptors (Lipinski definition) is 3. The molecule has 5 heteroatoms. The van der Waals surface area contributed by atoms with Crippen LogP contribution in [0.4, 0.5) is 5.69 Å². The summed E-state index contributed by atoms with van der Waals surface area (Å²) in [6, 6.07) is 9.44. The Morgan fingerprint density at radius 3 is 2.55 bits per heavy atom. The van der Waals surface area contributed by atoms with Crippen LogP contribution in [0.2, 0.25) is 0 Å². The van der Waals surface area contributed by atoms with Gasteiger partial charge in [-0.1, -0.05) is 12.8 Å². The molecule has 0 spiro atoms. The van der Waals surface area contributed by atoms with E-state index in [1.807, 2.05) is 36.5 Å². The van der Waals surface area contributed by atoms with Crippen molar-refractivity contribution in [3.05, 3.63) is 42.7 Å². The number of rotatable bonds is 3. The first-order valence-electron chi connectivity index (χ1n) is 6.88. The first kappa shape index (κ1) is 12.9. The molecule has 0 bridgehead atoms. The average molecular weight is 270 g/mol. The minimum atomic E-state index is -0.694. The predicted molar refractivity (Wildman–Crippen MR) is 77.6 cm³/mol. The third kappa shape index (κ3) is 2.44. The molecule has 5 nitrogen and oxygen atoms in total. The minimum absolute atomic E-state index is 0.0816. The fourth-order valence-electron chi connectivity index (χ4n) is 2.61. The molecule has 3 N–H and O–H groups in total. The quantitative estimate of drug-likeness (QED) is 0.897. The fourth-order valence-corrected chi connectivity index (χ4v) is 2.61. The number of benzene rings is 1. The largest absolute Gasteiger partial charge is 0.324 e. The topological polar surface area (TPSA) is 72.9 Å². The Bertz CT molecular complexity index is 583. The van der Waals surface area contributed by atoms with Crippen molar-refractivity contribution < 1.29 is 4.79 Å². The third-order valence-corrected chi connectivity index (χ3v) is 3.84. The normalized spacial score (nSPS) is 17.1. The van der Waals surface area contributed by atoms with Crippen molar-refractivity contribution in [3.63, 3.8) is 0 Å². The monoisotopic (exact) mass is 270 g/mol. The summed E-state index contributed by atoms with van der Waals surface area (Å²) in [5, 5.41) is 7.06. The second-order valence-electron chi connectivity index (χ2n) is 5.31. The molecule has 0 aliphatic heterocycles. The van der Waals surface area contributed by atoms with Gasteiger partial charge < -0.3 is 11.1 Å². The third-order valence-electron chi connectivity index (χ3n) is 3.84. The van der Waals surface area contributed by atoms with Crippen molar-refractivity contribution in [1.29, 1.82) is 0 Å². The highest BCUT2D eigenvalue weighted by atomic mass is 16.2. The molecule has 2 aromatic rings. The van der Waals surface area contributed by atoms with Gasteiger partial charge in [0.25, 0.3) is 0 Å². The van der Waals surface area contributed by atoms with E-state index in [9.17, 15) is 4.79 Å². The summed E-state index contributed by atoms with van der Waals surface area (Å²) in [5.74, 6) is -0.0816. The first-order valence-corrected chi connectivity index (χ1v) is 6.88. The van der Waals surface area contributed by atoms with Crippen molar-refractivity contribution in [2.45, 2.75) is 31.2 Å². The van der Waals surface area contributed by atoms with Gasteiger partial charge >= 0.3 is 0 Å². The lowest BCUT2D eigenvalue weighted by Gasteiger charge is -2.22. The van der Waals surface area contributed by atoms with Crippen molar-refractivity contribution >= 4 is 11.6 Å². The molecule has 1 aliphatic carbocycles. The fraction of sp³-hybridized carbons (Fsp3) is 0.333. The standard InChI is InChI=1S/C15H18N4O/c16-15(8-1-2-9-15)14(20)18-12-4-6-13(7-5-12)19-11-3-10-17-19/h3-7,10-11H,1-2,8-9,16H2,(H,18,20). The SMILES string of the molecule is NC1(C(=O)Nc2ccc(-n3cccn3)cc2)CCCC1. The van der Waals surface area contributed by atoms with E-state index in [0.717, 1.165) is 37.1 Å². The van der Waals surface area contributed by atoms with E-state index < -0.39 is 5.54 Å². The molecule has 1 aromatic heterocycles. The Hall–Kier alpha value is -2.14. The number of carbonyl (C=O) groups is 1. The summed E-state index contributed by atoms with van der Waals surface area (Å²) in [6.07, 6.45) is 7.20. The maximum Gasteiger partial charge on any atom is 0.244 e. The Kier molecular flexibility index (Phi) is 3.28.